The molecular weight excluding hydrogens is 368 g/mol. The number of nitrogens with zero attached hydrogens (tertiary/aromatic N) is 1. The van der Waals surface area contributed by atoms with Gasteiger partial charge in [-0.15, -0.1) is 0 Å². The van der Waals surface area contributed by atoms with Gasteiger partial charge in [0.15, 0.2) is 6.61 Å². The van der Waals surface area contributed by atoms with Crippen molar-refractivity contribution in [1.82, 2.24) is 10.2 Å². The van der Waals surface area contributed by atoms with Crippen molar-refractivity contribution in [3.05, 3.63) is 33.9 Å². The number of rotatable bonds is 6. The quantitative estimate of drug-likeness (QED) is 0.580. The minimum absolute atomic E-state index is 0.203. The highest BCUT2D eigenvalue weighted by atomic mass is 79.9. The molecule has 0 bridgehead atoms. The third-order valence-corrected chi connectivity index (χ3v) is 3.65. The molecule has 0 atom stereocenters. The average molecular weight is 383 g/mol. The first-order chi connectivity index (χ1) is 10.9. The van der Waals surface area contributed by atoms with Gasteiger partial charge in [-0.25, -0.2) is 9.59 Å². The second kappa shape index (κ2) is 7.28. The number of amides is 3. The number of carboxylic acid groups (broad SMARTS) is 1. The third kappa shape index (κ3) is 4.10. The highest BCUT2D eigenvalue weighted by molar-refractivity contribution is 9.10. The Kier molecular flexibility index (Phi) is 5.38. The van der Waals surface area contributed by atoms with Crippen LogP contribution in [0.5, 0.6) is 5.75 Å². The van der Waals surface area contributed by atoms with Gasteiger partial charge in [-0.1, -0.05) is 13.0 Å². The van der Waals surface area contributed by atoms with E-state index in [4.69, 9.17) is 9.84 Å². The van der Waals surface area contributed by atoms with Crippen molar-refractivity contribution in [1.29, 1.82) is 0 Å². The first kappa shape index (κ1) is 17.0. The molecule has 0 radical (unpaired) electrons. The van der Waals surface area contributed by atoms with Crippen LogP contribution in [0, 0.1) is 0 Å². The number of carbonyl (C=O) groups is 3. The fraction of sp³-hybridized carbons (Fsp3) is 0.267. The van der Waals surface area contributed by atoms with E-state index in [2.05, 4.69) is 21.2 Å². The predicted molar refractivity (Wildman–Crippen MR) is 85.8 cm³/mol. The van der Waals surface area contributed by atoms with Crippen LogP contribution in [-0.2, 0) is 9.59 Å². The largest absolute Gasteiger partial charge is 0.481 e. The average Bonchev–Trinajstić information content (AvgIpc) is 2.74. The molecule has 0 aromatic heterocycles. The van der Waals surface area contributed by atoms with E-state index in [-0.39, 0.29) is 11.6 Å². The molecule has 8 heteroatoms. The van der Waals surface area contributed by atoms with Gasteiger partial charge in [0, 0.05) is 6.54 Å². The fourth-order valence-corrected chi connectivity index (χ4v) is 2.54. The first-order valence-electron chi connectivity index (χ1n) is 6.91. The minimum atomic E-state index is -1.07. The van der Waals surface area contributed by atoms with Gasteiger partial charge >= 0.3 is 12.0 Å². The van der Waals surface area contributed by atoms with Gasteiger partial charge in [-0.3, -0.25) is 9.69 Å². The maximum atomic E-state index is 12.1. The zero-order chi connectivity index (χ0) is 17.0. The number of benzene rings is 1. The van der Waals surface area contributed by atoms with Crippen LogP contribution < -0.4 is 10.1 Å². The van der Waals surface area contributed by atoms with Crippen molar-refractivity contribution in [2.45, 2.75) is 13.3 Å². The Hall–Kier alpha value is -2.35. The van der Waals surface area contributed by atoms with Crippen LogP contribution in [0.25, 0.3) is 6.08 Å². The lowest BCUT2D eigenvalue weighted by Crippen LogP contribution is -2.31. The summed E-state index contributed by atoms with van der Waals surface area (Å²) in [4.78, 5) is 35.5. The van der Waals surface area contributed by atoms with E-state index in [0.717, 1.165) is 4.90 Å². The molecule has 0 saturated carbocycles. The van der Waals surface area contributed by atoms with Crippen molar-refractivity contribution < 1.29 is 24.2 Å². The summed E-state index contributed by atoms with van der Waals surface area (Å²) in [6.07, 6.45) is 2.25. The summed E-state index contributed by atoms with van der Waals surface area (Å²) in [7, 11) is 0. The number of ether oxygens (including phenoxy) is 1. The first-order valence-corrected chi connectivity index (χ1v) is 7.70. The molecule has 1 heterocycles. The summed E-state index contributed by atoms with van der Waals surface area (Å²) in [5.41, 5.74) is 0.871. The normalized spacial score (nSPS) is 15.9. The highest BCUT2D eigenvalue weighted by Gasteiger charge is 2.32. The van der Waals surface area contributed by atoms with E-state index in [1.165, 1.54) is 0 Å². The van der Waals surface area contributed by atoms with Crippen LogP contribution >= 0.6 is 15.9 Å². The van der Waals surface area contributed by atoms with Crippen molar-refractivity contribution in [2.24, 2.45) is 0 Å². The van der Waals surface area contributed by atoms with Crippen LogP contribution in [-0.4, -0.2) is 41.1 Å². The molecule has 7 nitrogen and oxygen atoms in total. The van der Waals surface area contributed by atoms with E-state index in [1.54, 1.807) is 24.3 Å². The molecular formula is C15H15BrN2O5. The van der Waals surface area contributed by atoms with Gasteiger partial charge in [0.25, 0.3) is 5.91 Å². The maximum Gasteiger partial charge on any atom is 0.341 e. The standard InChI is InChI=1S/C15H15BrN2O5/c1-2-5-18-14(21)11(17-15(18)22)7-9-3-4-12(10(16)6-9)23-8-13(19)20/h3-4,6-7H,2,5,8H2,1H3,(H,17,22)(H,19,20)/b11-7+. The number of nitrogens with one attached hydrogen (secondary N) is 1. The van der Waals surface area contributed by atoms with E-state index < -0.39 is 18.6 Å². The Labute approximate surface area is 141 Å². The Bertz CT molecular complexity index is 686. The second-order valence-electron chi connectivity index (χ2n) is 4.82. The van der Waals surface area contributed by atoms with Crippen LogP contribution in [0.3, 0.4) is 0 Å². The van der Waals surface area contributed by atoms with E-state index in [0.29, 0.717) is 28.8 Å². The van der Waals surface area contributed by atoms with E-state index >= 15 is 0 Å². The van der Waals surface area contributed by atoms with Gasteiger partial charge in [0.2, 0.25) is 0 Å². The molecule has 0 aliphatic carbocycles. The summed E-state index contributed by atoms with van der Waals surface area (Å²) in [6.45, 7) is 1.81. The molecule has 2 rings (SSSR count). The molecule has 1 aliphatic rings. The van der Waals surface area contributed by atoms with Crippen molar-refractivity contribution >= 4 is 39.9 Å². The number of carboxylic acids is 1. The smallest absolute Gasteiger partial charge is 0.341 e. The Morgan fingerprint density at radius 1 is 1.43 bits per heavy atom. The number of carbonyl (C=O) groups excluding carboxylic acids is 2. The number of urea groups is 1. The fourth-order valence-electron chi connectivity index (χ4n) is 2.03. The SMILES string of the molecule is CCCN1C(=O)N/C(=C/c2ccc(OCC(=O)O)c(Br)c2)C1=O. The van der Waals surface area contributed by atoms with Crippen LogP contribution in [0.1, 0.15) is 18.9 Å². The lowest BCUT2D eigenvalue weighted by molar-refractivity contribution is -0.139. The number of imide groups is 1. The lowest BCUT2D eigenvalue weighted by Gasteiger charge is -2.08. The summed E-state index contributed by atoms with van der Waals surface area (Å²) in [5.74, 6) is -1.05. The van der Waals surface area contributed by atoms with Crippen molar-refractivity contribution in [3.8, 4) is 5.75 Å². The third-order valence-electron chi connectivity index (χ3n) is 3.03. The van der Waals surface area contributed by atoms with Gasteiger partial charge < -0.3 is 15.2 Å². The Morgan fingerprint density at radius 3 is 2.78 bits per heavy atom. The molecule has 1 aromatic rings. The molecule has 1 saturated heterocycles. The van der Waals surface area contributed by atoms with Gasteiger partial charge in [-0.2, -0.15) is 0 Å². The van der Waals surface area contributed by atoms with Gasteiger partial charge in [0.1, 0.15) is 11.4 Å². The molecule has 122 valence electrons. The molecule has 1 aromatic carbocycles. The van der Waals surface area contributed by atoms with Gasteiger partial charge in [-0.05, 0) is 46.1 Å². The van der Waals surface area contributed by atoms with Crippen molar-refractivity contribution in [2.75, 3.05) is 13.2 Å². The summed E-state index contributed by atoms with van der Waals surface area (Å²) < 4.78 is 5.65. The van der Waals surface area contributed by atoms with Crippen LogP contribution in [0.15, 0.2) is 28.4 Å². The summed E-state index contributed by atoms with van der Waals surface area (Å²) in [6, 6.07) is 4.50. The second-order valence-corrected chi connectivity index (χ2v) is 5.67. The van der Waals surface area contributed by atoms with Crippen LogP contribution in [0.2, 0.25) is 0 Å². The number of hydrogen-bond acceptors (Lipinski definition) is 4. The van der Waals surface area contributed by atoms with Crippen LogP contribution in [0.4, 0.5) is 4.79 Å². The van der Waals surface area contributed by atoms with Crippen molar-refractivity contribution in [3.63, 3.8) is 0 Å². The molecule has 0 spiro atoms. The zero-order valence-corrected chi connectivity index (χ0v) is 13.9. The lowest BCUT2D eigenvalue weighted by atomic mass is 10.2. The minimum Gasteiger partial charge on any atom is -0.481 e. The summed E-state index contributed by atoms with van der Waals surface area (Å²) in [5, 5.41) is 11.1. The molecule has 1 aliphatic heterocycles. The topological polar surface area (TPSA) is 95.9 Å². The predicted octanol–water partition coefficient (Wildman–Crippen LogP) is 2.22. The molecule has 2 N–H and O–H groups in total. The van der Waals surface area contributed by atoms with E-state index in [9.17, 15) is 14.4 Å². The van der Waals surface area contributed by atoms with Gasteiger partial charge in [0.05, 0.1) is 4.47 Å². The molecule has 0 unspecified atom stereocenters. The molecule has 23 heavy (non-hydrogen) atoms. The number of aliphatic carboxylic acids is 1. The Morgan fingerprint density at radius 2 is 2.17 bits per heavy atom. The van der Waals surface area contributed by atoms with E-state index in [1.807, 2.05) is 6.92 Å². The zero-order valence-electron chi connectivity index (χ0n) is 12.3. The monoisotopic (exact) mass is 382 g/mol. The Balaban J connectivity index is 2.17. The highest BCUT2D eigenvalue weighted by Crippen LogP contribution is 2.27. The maximum absolute atomic E-state index is 12.1. The molecule has 3 amide bonds. The summed E-state index contributed by atoms with van der Waals surface area (Å²) >= 11 is 3.28. The number of halogens is 1. The number of hydrogen-bond donors (Lipinski definition) is 2. The molecule has 1 fully saturated rings.